The van der Waals surface area contributed by atoms with Crippen molar-refractivity contribution in [3.05, 3.63) is 112 Å². The van der Waals surface area contributed by atoms with Gasteiger partial charge in [-0.3, -0.25) is 13.9 Å². The highest BCUT2D eigenvalue weighted by molar-refractivity contribution is 5.96. The van der Waals surface area contributed by atoms with Gasteiger partial charge in [0.25, 0.3) is 0 Å². The number of carbonyl (C=O) groups excluding carboxylic acids is 1. The van der Waals surface area contributed by atoms with Gasteiger partial charge < -0.3 is 20.3 Å². The van der Waals surface area contributed by atoms with Gasteiger partial charge in [-0.25, -0.2) is 9.78 Å². The summed E-state index contributed by atoms with van der Waals surface area (Å²) < 4.78 is 48.7. The molecule has 1 amide bonds. The summed E-state index contributed by atoms with van der Waals surface area (Å²) in [5.41, 5.74) is 2.05. The third kappa shape index (κ3) is 6.15. The molecule has 2 N–H and O–H groups in total. The van der Waals surface area contributed by atoms with Crippen LogP contribution in [0.5, 0.6) is 11.5 Å². The fourth-order valence-corrected chi connectivity index (χ4v) is 5.46. The van der Waals surface area contributed by atoms with Gasteiger partial charge in [-0.05, 0) is 29.3 Å². The highest BCUT2D eigenvalue weighted by atomic mass is 19.4. The Labute approximate surface area is 261 Å². The second-order valence-corrected chi connectivity index (χ2v) is 10.6. The van der Waals surface area contributed by atoms with E-state index in [1.165, 1.54) is 29.0 Å². The maximum Gasteiger partial charge on any atom is 0.471 e. The molecule has 3 aromatic carbocycles. The molecule has 10 nitrogen and oxygen atoms in total. The summed E-state index contributed by atoms with van der Waals surface area (Å²) in [5.74, 6) is -1.60. The Morgan fingerprint density at radius 1 is 0.913 bits per heavy atom. The van der Waals surface area contributed by atoms with Gasteiger partial charge >= 0.3 is 17.8 Å². The van der Waals surface area contributed by atoms with Gasteiger partial charge in [0.15, 0.2) is 17.3 Å². The van der Waals surface area contributed by atoms with E-state index in [9.17, 15) is 28.0 Å². The molecule has 1 saturated heterocycles. The molecule has 0 atom stereocenters. The molecule has 3 heterocycles. The lowest BCUT2D eigenvalue weighted by Gasteiger charge is -2.29. The van der Waals surface area contributed by atoms with Crippen LogP contribution in [0.15, 0.2) is 89.9 Å². The molecule has 1 fully saturated rings. The van der Waals surface area contributed by atoms with Crippen LogP contribution in [-0.2, 0) is 17.9 Å². The monoisotopic (exact) mass is 627 g/mol. The zero-order valence-corrected chi connectivity index (χ0v) is 24.4. The number of rotatable bonds is 8. The van der Waals surface area contributed by atoms with Crippen molar-refractivity contribution in [2.24, 2.45) is 0 Å². The van der Waals surface area contributed by atoms with E-state index in [4.69, 9.17) is 9.72 Å². The Morgan fingerprint density at radius 3 is 2.33 bits per heavy atom. The summed E-state index contributed by atoms with van der Waals surface area (Å²) in [6.45, 7) is 2.85. The molecule has 13 heteroatoms. The fraction of sp³-hybridized carbons (Fsp3) is 0.212. The van der Waals surface area contributed by atoms with Gasteiger partial charge in [0, 0.05) is 26.2 Å². The molecule has 6 rings (SSSR count). The summed E-state index contributed by atoms with van der Waals surface area (Å²) in [6.07, 6.45) is -3.68. The largest absolute Gasteiger partial charge is 0.471 e. The van der Waals surface area contributed by atoms with Gasteiger partial charge in [0.05, 0.1) is 36.6 Å². The predicted octanol–water partition coefficient (Wildman–Crippen LogP) is 4.87. The lowest BCUT2D eigenvalue weighted by Crippen LogP contribution is -2.44. The number of carbonyl (C=O) groups is 1. The van der Waals surface area contributed by atoms with Gasteiger partial charge in [-0.15, -0.1) is 0 Å². The first kappa shape index (κ1) is 30.4. The first-order chi connectivity index (χ1) is 22.2. The number of halogens is 3. The molecule has 2 aromatic heterocycles. The smallest absolute Gasteiger partial charge is 0.451 e. The van der Waals surface area contributed by atoms with Crippen molar-refractivity contribution in [1.82, 2.24) is 19.4 Å². The van der Waals surface area contributed by atoms with Crippen LogP contribution in [0.2, 0.25) is 0 Å². The van der Waals surface area contributed by atoms with Crippen molar-refractivity contribution in [1.29, 1.82) is 5.26 Å². The number of imidazole rings is 1. The van der Waals surface area contributed by atoms with Crippen molar-refractivity contribution in [3.8, 4) is 17.6 Å². The summed E-state index contributed by atoms with van der Waals surface area (Å²) in [5, 5.41) is 15.0. The number of hydrogen-bond donors (Lipinski definition) is 2. The standard InChI is InChI=1S/C33H28F3N7O3/c34-33(35,36)31(44)40-25-12-6-7-13-26(25)46-27-19-39-30(41-16-14-38-15-17-41)29-28(27)43(21-24-11-5-4-10-23(24)18-37)32(45)42(29)20-22-8-2-1-3-9-22/h1-13,19,38H,14-17,20-21H2,(H,40,44). The number of fused-ring (bicyclic) bond motifs is 1. The van der Waals surface area contributed by atoms with Crippen LogP contribution in [-0.4, -0.2) is 52.4 Å². The summed E-state index contributed by atoms with van der Waals surface area (Å²) >= 11 is 0. The summed E-state index contributed by atoms with van der Waals surface area (Å²) in [7, 11) is 0. The molecule has 46 heavy (non-hydrogen) atoms. The van der Waals surface area contributed by atoms with Crippen molar-refractivity contribution in [2.45, 2.75) is 19.3 Å². The van der Waals surface area contributed by atoms with Crippen molar-refractivity contribution < 1.29 is 22.7 Å². The minimum Gasteiger partial charge on any atom is -0.451 e. The number of nitrogens with zero attached hydrogens (tertiary/aromatic N) is 5. The van der Waals surface area contributed by atoms with Gasteiger partial charge in [-0.1, -0.05) is 60.7 Å². The minimum atomic E-state index is -5.11. The van der Waals surface area contributed by atoms with E-state index in [2.05, 4.69) is 16.3 Å². The van der Waals surface area contributed by atoms with E-state index >= 15 is 0 Å². The maximum atomic E-state index is 14.4. The zero-order chi connectivity index (χ0) is 32.3. The number of hydrogen-bond acceptors (Lipinski definition) is 7. The lowest BCUT2D eigenvalue weighted by molar-refractivity contribution is -0.167. The number of anilines is 2. The number of pyridine rings is 1. The second kappa shape index (κ2) is 12.8. The number of piperazine rings is 1. The summed E-state index contributed by atoms with van der Waals surface area (Å²) in [6, 6.07) is 24.2. The fourth-order valence-electron chi connectivity index (χ4n) is 5.46. The first-order valence-corrected chi connectivity index (χ1v) is 14.5. The quantitative estimate of drug-likeness (QED) is 0.252. The van der Waals surface area contributed by atoms with E-state index in [0.717, 1.165) is 5.56 Å². The number of alkyl halides is 3. The minimum absolute atomic E-state index is 0.00861. The van der Waals surface area contributed by atoms with E-state index in [0.29, 0.717) is 54.2 Å². The highest BCUT2D eigenvalue weighted by Crippen LogP contribution is 2.37. The lowest BCUT2D eigenvalue weighted by atomic mass is 10.1. The van der Waals surface area contributed by atoms with Crippen LogP contribution in [0, 0.1) is 11.3 Å². The number of nitriles is 1. The molecule has 0 aliphatic carbocycles. The molecular weight excluding hydrogens is 599 g/mol. The second-order valence-electron chi connectivity index (χ2n) is 10.6. The Bertz CT molecular complexity index is 1990. The molecule has 0 unspecified atom stereocenters. The molecule has 1 aliphatic heterocycles. The molecule has 0 saturated carbocycles. The Hall–Kier alpha value is -5.61. The van der Waals surface area contributed by atoms with Crippen molar-refractivity contribution in [3.63, 3.8) is 0 Å². The normalized spacial score (nSPS) is 13.4. The number of para-hydroxylation sites is 2. The van der Waals surface area contributed by atoms with Crippen molar-refractivity contribution in [2.75, 3.05) is 36.4 Å². The van der Waals surface area contributed by atoms with E-state index in [-0.39, 0.29) is 36.0 Å². The van der Waals surface area contributed by atoms with Gasteiger partial charge in [-0.2, -0.15) is 18.4 Å². The molecular formula is C33H28F3N7O3. The molecule has 5 aromatic rings. The predicted molar refractivity (Wildman–Crippen MR) is 166 cm³/mol. The Balaban J connectivity index is 1.58. The Kier molecular flexibility index (Phi) is 8.45. The Morgan fingerprint density at radius 2 is 1.59 bits per heavy atom. The van der Waals surface area contributed by atoms with Gasteiger partial charge in [0.2, 0.25) is 0 Å². The van der Waals surface area contributed by atoms with Crippen LogP contribution in [0.25, 0.3) is 11.0 Å². The average Bonchev–Trinajstić information content (AvgIpc) is 3.33. The average molecular weight is 628 g/mol. The number of amides is 1. The molecule has 0 bridgehead atoms. The highest BCUT2D eigenvalue weighted by Gasteiger charge is 2.39. The molecule has 0 spiro atoms. The first-order valence-electron chi connectivity index (χ1n) is 14.5. The SMILES string of the molecule is N#Cc1ccccc1Cn1c(=O)n(Cc2ccccc2)c2c(N3CCNCC3)ncc(Oc3ccccc3NC(=O)C(F)(F)F)c21. The number of benzene rings is 3. The van der Waals surface area contributed by atoms with Crippen LogP contribution < -0.4 is 26.0 Å². The number of nitrogens with one attached hydrogen (secondary N) is 2. The molecule has 0 radical (unpaired) electrons. The zero-order valence-electron chi connectivity index (χ0n) is 24.4. The van der Waals surface area contributed by atoms with Crippen LogP contribution in [0.1, 0.15) is 16.7 Å². The van der Waals surface area contributed by atoms with Crippen LogP contribution in [0.3, 0.4) is 0 Å². The van der Waals surface area contributed by atoms with Crippen molar-refractivity contribution >= 4 is 28.4 Å². The number of ether oxygens (including phenoxy) is 1. The van der Waals surface area contributed by atoms with E-state index < -0.39 is 12.1 Å². The molecule has 234 valence electrons. The molecule has 1 aliphatic rings. The van der Waals surface area contributed by atoms with Gasteiger partial charge in [0.1, 0.15) is 11.0 Å². The topological polar surface area (TPSA) is 117 Å². The number of aromatic nitrogens is 3. The van der Waals surface area contributed by atoms with Crippen LogP contribution in [0.4, 0.5) is 24.7 Å². The van der Waals surface area contributed by atoms with E-state index in [1.54, 1.807) is 34.9 Å². The maximum absolute atomic E-state index is 14.4. The summed E-state index contributed by atoms with van der Waals surface area (Å²) in [4.78, 5) is 33.0. The third-order valence-electron chi connectivity index (χ3n) is 7.65. The third-order valence-corrected chi connectivity index (χ3v) is 7.65. The van der Waals surface area contributed by atoms with E-state index in [1.807, 2.05) is 35.6 Å². The van der Waals surface area contributed by atoms with Crippen LogP contribution >= 0.6 is 0 Å².